The number of alkyl halides is 3. The van der Waals surface area contributed by atoms with Crippen LogP contribution in [0, 0.1) is 0 Å². The van der Waals surface area contributed by atoms with Crippen molar-refractivity contribution in [2.45, 2.75) is 19.1 Å². The highest BCUT2D eigenvalue weighted by atomic mass is 19.4. The van der Waals surface area contributed by atoms with Gasteiger partial charge in [0.05, 0.1) is 12.6 Å². The van der Waals surface area contributed by atoms with Crippen LogP contribution >= 0.6 is 0 Å². The van der Waals surface area contributed by atoms with Gasteiger partial charge in [-0.2, -0.15) is 13.2 Å². The van der Waals surface area contributed by atoms with Gasteiger partial charge < -0.3 is 14.5 Å². The lowest BCUT2D eigenvalue weighted by molar-refractivity contribution is -0.171. The summed E-state index contributed by atoms with van der Waals surface area (Å²) < 4.78 is 44.1. The van der Waals surface area contributed by atoms with Crippen LogP contribution in [0.2, 0.25) is 0 Å². The first-order chi connectivity index (χ1) is 11.7. The van der Waals surface area contributed by atoms with Crippen LogP contribution in [0.25, 0.3) is 0 Å². The first-order valence-corrected chi connectivity index (χ1v) is 8.17. The van der Waals surface area contributed by atoms with Crippen LogP contribution in [-0.4, -0.2) is 70.0 Å². The molecular formula is C17H24F3N3O2. The van der Waals surface area contributed by atoms with Crippen molar-refractivity contribution in [2.24, 2.45) is 0 Å². The fourth-order valence-electron chi connectivity index (χ4n) is 2.93. The topological polar surface area (TPSA) is 36.0 Å². The number of methoxy groups -OCH3 is 1. The van der Waals surface area contributed by atoms with E-state index < -0.39 is 18.1 Å². The van der Waals surface area contributed by atoms with Crippen molar-refractivity contribution in [3.8, 4) is 0 Å². The molecule has 1 fully saturated rings. The molecule has 1 aliphatic rings. The molecule has 5 nitrogen and oxygen atoms in total. The van der Waals surface area contributed by atoms with Crippen LogP contribution in [-0.2, 0) is 9.53 Å². The molecule has 8 heteroatoms. The molecular weight excluding hydrogens is 335 g/mol. The van der Waals surface area contributed by atoms with E-state index in [-0.39, 0.29) is 12.3 Å². The summed E-state index contributed by atoms with van der Waals surface area (Å²) in [5.74, 6) is -1.88. The van der Waals surface area contributed by atoms with Gasteiger partial charge in [0, 0.05) is 44.7 Å². The van der Waals surface area contributed by atoms with Crippen molar-refractivity contribution in [1.29, 1.82) is 0 Å². The lowest BCUT2D eigenvalue weighted by Crippen LogP contribution is -2.48. The molecule has 1 saturated heterocycles. The second kappa shape index (κ2) is 8.05. The molecule has 1 aromatic rings. The Kier molecular flexibility index (Phi) is 6.29. The molecule has 25 heavy (non-hydrogen) atoms. The lowest BCUT2D eigenvalue weighted by Gasteiger charge is -2.35. The molecule has 0 radical (unpaired) electrons. The van der Waals surface area contributed by atoms with Gasteiger partial charge in [0.2, 0.25) is 0 Å². The molecule has 0 spiro atoms. The van der Waals surface area contributed by atoms with Gasteiger partial charge in [-0.3, -0.25) is 9.69 Å². The number of amides is 1. The summed E-state index contributed by atoms with van der Waals surface area (Å²) in [6.45, 7) is 4.91. The Morgan fingerprint density at radius 1 is 1.28 bits per heavy atom. The first kappa shape index (κ1) is 19.5. The SMILES string of the molecule is COC[C@H](C)N(C(=O)C(F)(F)F)c1cccc(N2CCN(C)CC2)c1. The molecule has 1 atom stereocenters. The number of ether oxygens (including phenoxy) is 1. The number of piperazine rings is 1. The standard InChI is InChI=1S/C17H24F3N3O2/c1-13(12-25-3)23(16(24)17(18,19)20)15-6-4-5-14(11-15)22-9-7-21(2)8-10-22/h4-6,11,13H,7-10,12H2,1-3H3/t13-/m0/s1. The number of hydrogen-bond acceptors (Lipinski definition) is 4. The third-order valence-electron chi connectivity index (χ3n) is 4.29. The maximum atomic E-state index is 13.0. The van der Waals surface area contributed by atoms with Gasteiger partial charge in [-0.05, 0) is 32.2 Å². The molecule has 1 aromatic carbocycles. The van der Waals surface area contributed by atoms with E-state index in [2.05, 4.69) is 9.80 Å². The zero-order chi connectivity index (χ0) is 18.6. The summed E-state index contributed by atoms with van der Waals surface area (Å²) in [6, 6.07) is 5.96. The minimum absolute atomic E-state index is 0.0144. The summed E-state index contributed by atoms with van der Waals surface area (Å²) in [4.78, 5) is 17.0. The fraction of sp³-hybridized carbons (Fsp3) is 0.588. The number of benzene rings is 1. The Hall–Kier alpha value is -1.80. The number of carbonyl (C=O) groups is 1. The average Bonchev–Trinajstić information content (AvgIpc) is 2.55. The van der Waals surface area contributed by atoms with E-state index in [1.54, 1.807) is 12.1 Å². The van der Waals surface area contributed by atoms with Gasteiger partial charge in [-0.25, -0.2) is 0 Å². The van der Waals surface area contributed by atoms with Crippen LogP contribution in [0.1, 0.15) is 6.92 Å². The number of likely N-dealkylation sites (N-methyl/N-ethyl adjacent to an activating group) is 1. The third kappa shape index (κ3) is 4.85. The fourth-order valence-corrected chi connectivity index (χ4v) is 2.93. The van der Waals surface area contributed by atoms with Crippen LogP contribution in [0.5, 0.6) is 0 Å². The van der Waals surface area contributed by atoms with Gasteiger partial charge in [0.1, 0.15) is 0 Å². The van der Waals surface area contributed by atoms with E-state index in [9.17, 15) is 18.0 Å². The van der Waals surface area contributed by atoms with E-state index >= 15 is 0 Å². The van der Waals surface area contributed by atoms with Crippen molar-refractivity contribution >= 4 is 17.3 Å². The zero-order valence-electron chi connectivity index (χ0n) is 14.7. The Bertz CT molecular complexity index is 587. The molecule has 0 saturated carbocycles. The minimum Gasteiger partial charge on any atom is -0.383 e. The number of carbonyl (C=O) groups excluding carboxylic acids is 1. The van der Waals surface area contributed by atoms with Crippen LogP contribution < -0.4 is 9.80 Å². The summed E-state index contributed by atoms with van der Waals surface area (Å²) in [5, 5.41) is 0. The summed E-state index contributed by atoms with van der Waals surface area (Å²) in [6.07, 6.45) is -4.94. The Morgan fingerprint density at radius 2 is 1.92 bits per heavy atom. The molecule has 1 aliphatic heterocycles. The quantitative estimate of drug-likeness (QED) is 0.809. The molecule has 0 aromatic heterocycles. The number of rotatable bonds is 5. The monoisotopic (exact) mass is 359 g/mol. The number of hydrogen-bond donors (Lipinski definition) is 0. The molecule has 0 unspecified atom stereocenters. The highest BCUT2D eigenvalue weighted by Gasteiger charge is 2.44. The van der Waals surface area contributed by atoms with Gasteiger partial charge >= 0.3 is 12.1 Å². The molecule has 0 N–H and O–H groups in total. The van der Waals surface area contributed by atoms with Crippen molar-refractivity contribution < 1.29 is 22.7 Å². The highest BCUT2D eigenvalue weighted by molar-refractivity contribution is 5.98. The van der Waals surface area contributed by atoms with Crippen molar-refractivity contribution in [2.75, 3.05) is 56.7 Å². The number of nitrogens with zero attached hydrogens (tertiary/aromatic N) is 3. The predicted molar refractivity (Wildman–Crippen MR) is 91.0 cm³/mol. The molecule has 0 aliphatic carbocycles. The zero-order valence-corrected chi connectivity index (χ0v) is 14.7. The van der Waals surface area contributed by atoms with Gasteiger partial charge in [0.15, 0.2) is 0 Å². The van der Waals surface area contributed by atoms with Gasteiger partial charge in [-0.15, -0.1) is 0 Å². The maximum absolute atomic E-state index is 13.0. The summed E-state index contributed by atoms with van der Waals surface area (Å²) in [5.41, 5.74) is 1.04. The second-order valence-corrected chi connectivity index (χ2v) is 6.29. The first-order valence-electron chi connectivity index (χ1n) is 8.17. The highest BCUT2D eigenvalue weighted by Crippen LogP contribution is 2.29. The minimum atomic E-state index is -4.94. The second-order valence-electron chi connectivity index (χ2n) is 6.29. The molecule has 2 rings (SSSR count). The lowest BCUT2D eigenvalue weighted by atomic mass is 10.1. The van der Waals surface area contributed by atoms with Crippen LogP contribution in [0.4, 0.5) is 24.5 Å². The van der Waals surface area contributed by atoms with Gasteiger partial charge in [-0.1, -0.05) is 6.07 Å². The van der Waals surface area contributed by atoms with E-state index in [0.29, 0.717) is 0 Å². The van der Waals surface area contributed by atoms with E-state index in [1.807, 2.05) is 13.1 Å². The summed E-state index contributed by atoms with van der Waals surface area (Å²) in [7, 11) is 3.43. The Labute approximate surface area is 145 Å². The van der Waals surface area contributed by atoms with E-state index in [4.69, 9.17) is 4.74 Å². The molecule has 140 valence electrons. The summed E-state index contributed by atoms with van der Waals surface area (Å²) >= 11 is 0. The Balaban J connectivity index is 2.31. The number of halogens is 3. The van der Waals surface area contributed by atoms with Crippen LogP contribution in [0.3, 0.4) is 0 Å². The predicted octanol–water partition coefficient (Wildman–Crippen LogP) is 2.37. The molecule has 1 heterocycles. The normalized spacial score (nSPS) is 17.4. The third-order valence-corrected chi connectivity index (χ3v) is 4.29. The van der Waals surface area contributed by atoms with Gasteiger partial charge in [0.25, 0.3) is 0 Å². The number of anilines is 2. The molecule has 1 amide bonds. The van der Waals surface area contributed by atoms with Crippen LogP contribution in [0.15, 0.2) is 24.3 Å². The smallest absolute Gasteiger partial charge is 0.383 e. The largest absolute Gasteiger partial charge is 0.471 e. The van der Waals surface area contributed by atoms with Crippen molar-refractivity contribution in [1.82, 2.24) is 4.90 Å². The van der Waals surface area contributed by atoms with Crippen molar-refractivity contribution in [3.05, 3.63) is 24.3 Å². The maximum Gasteiger partial charge on any atom is 0.471 e. The molecule has 0 bridgehead atoms. The van der Waals surface area contributed by atoms with Crippen molar-refractivity contribution in [3.63, 3.8) is 0 Å². The average molecular weight is 359 g/mol. The Morgan fingerprint density at radius 3 is 2.48 bits per heavy atom. The van der Waals surface area contributed by atoms with E-state index in [0.717, 1.165) is 36.8 Å². The van der Waals surface area contributed by atoms with E-state index in [1.165, 1.54) is 20.1 Å².